The van der Waals surface area contributed by atoms with E-state index < -0.39 is 0 Å². The Balaban J connectivity index is 1.60. The highest BCUT2D eigenvalue weighted by atomic mass is 16.2. The van der Waals surface area contributed by atoms with Crippen LogP contribution in [0.3, 0.4) is 0 Å². The van der Waals surface area contributed by atoms with Crippen molar-refractivity contribution < 1.29 is 9.59 Å². The highest BCUT2D eigenvalue weighted by Gasteiger charge is 2.47. The SMILES string of the molecule is CCN(CC)C(=O)[C@@H]1C=C2c3cccc4c3c(cn4C(=O)[C@@]3(C)CC[C@H]3C)C[C@H]2N(C)C1. The minimum absolute atomic E-state index is 0.124. The van der Waals surface area contributed by atoms with Gasteiger partial charge in [0.2, 0.25) is 11.8 Å². The third kappa shape index (κ3) is 2.93. The molecule has 0 N–H and O–H groups in total. The molecule has 170 valence electrons. The second-order valence-electron chi connectivity index (χ2n) is 10.3. The Labute approximate surface area is 191 Å². The fourth-order valence-electron chi connectivity index (χ4n) is 6.11. The molecule has 1 saturated carbocycles. The maximum atomic E-state index is 13.6. The Morgan fingerprint density at radius 2 is 1.97 bits per heavy atom. The Morgan fingerprint density at radius 1 is 1.22 bits per heavy atom. The lowest BCUT2D eigenvalue weighted by atomic mass is 9.61. The molecule has 0 unspecified atom stereocenters. The molecule has 3 aliphatic rings. The number of hydrogen-bond acceptors (Lipinski definition) is 3. The van der Waals surface area contributed by atoms with Crippen molar-refractivity contribution in [2.75, 3.05) is 26.7 Å². The van der Waals surface area contributed by atoms with Gasteiger partial charge in [0, 0.05) is 42.7 Å². The molecule has 2 aromatic rings. The van der Waals surface area contributed by atoms with Crippen molar-refractivity contribution in [3.05, 3.63) is 41.6 Å². The van der Waals surface area contributed by atoms with Crippen LogP contribution in [0.4, 0.5) is 0 Å². The summed E-state index contributed by atoms with van der Waals surface area (Å²) in [6.07, 6.45) is 7.30. The molecule has 0 spiro atoms. The number of aromatic nitrogens is 1. The first-order chi connectivity index (χ1) is 15.3. The van der Waals surface area contributed by atoms with Crippen molar-refractivity contribution in [2.24, 2.45) is 17.3 Å². The Bertz CT molecular complexity index is 1130. The van der Waals surface area contributed by atoms with Gasteiger partial charge in [0.05, 0.1) is 11.4 Å². The molecule has 1 aromatic carbocycles. The average molecular weight is 434 g/mol. The lowest BCUT2D eigenvalue weighted by molar-refractivity contribution is -0.134. The maximum Gasteiger partial charge on any atom is 0.237 e. The monoisotopic (exact) mass is 433 g/mol. The van der Waals surface area contributed by atoms with E-state index in [9.17, 15) is 9.59 Å². The molecular weight excluding hydrogens is 398 g/mol. The van der Waals surface area contributed by atoms with E-state index in [0.717, 1.165) is 44.4 Å². The molecule has 1 amide bonds. The normalized spacial score (nSPS) is 29.3. The van der Waals surface area contributed by atoms with Crippen LogP contribution in [-0.2, 0) is 11.2 Å². The third-order valence-corrected chi connectivity index (χ3v) is 8.67. The summed E-state index contributed by atoms with van der Waals surface area (Å²) in [4.78, 5) is 31.0. The standard InChI is InChI=1S/C27H35N3O2/c1-6-29(7-2)25(31)19-13-21-20-9-8-10-22-24(20)18(14-23(21)28(5)15-19)16-30(22)26(32)27(4)12-11-17(27)3/h8-10,13,16-17,19,23H,6-7,11-12,14-15H2,1-5H3/t17-,19-,23-,27+/m1/s1. The molecule has 32 heavy (non-hydrogen) atoms. The van der Waals surface area contributed by atoms with E-state index in [2.05, 4.69) is 56.3 Å². The maximum absolute atomic E-state index is 13.6. The van der Waals surface area contributed by atoms with Gasteiger partial charge >= 0.3 is 0 Å². The van der Waals surface area contributed by atoms with E-state index >= 15 is 0 Å². The van der Waals surface area contributed by atoms with Crippen molar-refractivity contribution >= 4 is 28.3 Å². The molecule has 2 heterocycles. The van der Waals surface area contributed by atoms with E-state index in [4.69, 9.17) is 0 Å². The number of amides is 1. The lowest BCUT2D eigenvalue weighted by Crippen LogP contribution is -2.47. The molecule has 1 fully saturated rings. The first kappa shape index (κ1) is 21.4. The predicted octanol–water partition coefficient (Wildman–Crippen LogP) is 4.46. The van der Waals surface area contributed by atoms with Crippen LogP contribution < -0.4 is 0 Å². The summed E-state index contributed by atoms with van der Waals surface area (Å²) in [6.45, 7) is 10.6. The number of likely N-dealkylation sites (N-methyl/N-ethyl adjacent to an activating group) is 1. The minimum Gasteiger partial charge on any atom is -0.343 e. The van der Waals surface area contributed by atoms with Gasteiger partial charge in [0.1, 0.15) is 0 Å². The number of benzene rings is 1. The van der Waals surface area contributed by atoms with Crippen LogP contribution in [0.1, 0.15) is 56.5 Å². The summed E-state index contributed by atoms with van der Waals surface area (Å²) >= 11 is 0. The molecule has 0 saturated heterocycles. The molecule has 0 bridgehead atoms. The van der Waals surface area contributed by atoms with E-state index in [1.165, 1.54) is 22.1 Å². The van der Waals surface area contributed by atoms with Gasteiger partial charge in [-0.15, -0.1) is 0 Å². The zero-order valence-electron chi connectivity index (χ0n) is 20.0. The van der Waals surface area contributed by atoms with Gasteiger partial charge in [-0.1, -0.05) is 32.1 Å². The van der Waals surface area contributed by atoms with Crippen LogP contribution in [0.25, 0.3) is 16.5 Å². The second kappa shape index (κ2) is 7.58. The van der Waals surface area contributed by atoms with Crippen molar-refractivity contribution in [1.82, 2.24) is 14.4 Å². The first-order valence-corrected chi connectivity index (χ1v) is 12.2. The van der Waals surface area contributed by atoms with Gasteiger partial charge in [-0.25, -0.2) is 0 Å². The topological polar surface area (TPSA) is 45.6 Å². The first-order valence-electron chi connectivity index (χ1n) is 12.2. The van der Waals surface area contributed by atoms with Gasteiger partial charge in [-0.3, -0.25) is 19.1 Å². The van der Waals surface area contributed by atoms with E-state index in [0.29, 0.717) is 5.92 Å². The van der Waals surface area contributed by atoms with Crippen molar-refractivity contribution in [3.8, 4) is 0 Å². The lowest BCUT2D eigenvalue weighted by Gasteiger charge is -2.43. The summed E-state index contributed by atoms with van der Waals surface area (Å²) in [6, 6.07) is 6.57. The molecule has 5 nitrogen and oxygen atoms in total. The summed E-state index contributed by atoms with van der Waals surface area (Å²) in [5, 5.41) is 1.20. The highest BCUT2D eigenvalue weighted by molar-refractivity contribution is 6.04. The molecular formula is C27H35N3O2. The molecule has 4 atom stereocenters. The Kier molecular flexibility index (Phi) is 5.08. The van der Waals surface area contributed by atoms with E-state index in [1.807, 2.05) is 23.3 Å². The van der Waals surface area contributed by atoms with E-state index in [-0.39, 0.29) is 29.2 Å². The number of carbonyl (C=O) groups excluding carboxylic acids is 2. The van der Waals surface area contributed by atoms with Gasteiger partial charge in [0.25, 0.3) is 0 Å². The fraction of sp³-hybridized carbons (Fsp3) is 0.556. The van der Waals surface area contributed by atoms with Crippen LogP contribution in [-0.4, -0.2) is 58.9 Å². The molecule has 2 aliphatic carbocycles. The summed E-state index contributed by atoms with van der Waals surface area (Å²) in [5.41, 5.74) is 4.44. The minimum atomic E-state index is -0.266. The molecule has 5 rings (SSSR count). The van der Waals surface area contributed by atoms with Crippen molar-refractivity contribution in [1.29, 1.82) is 0 Å². The predicted molar refractivity (Wildman–Crippen MR) is 129 cm³/mol. The number of rotatable bonds is 4. The highest BCUT2D eigenvalue weighted by Crippen LogP contribution is 2.49. The van der Waals surface area contributed by atoms with E-state index in [1.54, 1.807) is 0 Å². The number of fused-ring (bicyclic) bond motifs is 2. The number of carbonyl (C=O) groups is 2. The van der Waals surface area contributed by atoms with Gasteiger partial charge in [0.15, 0.2) is 0 Å². The van der Waals surface area contributed by atoms with Crippen LogP contribution >= 0.6 is 0 Å². The van der Waals surface area contributed by atoms with Crippen molar-refractivity contribution in [3.63, 3.8) is 0 Å². The smallest absolute Gasteiger partial charge is 0.237 e. The molecule has 1 aromatic heterocycles. The van der Waals surface area contributed by atoms with Crippen LogP contribution in [0.2, 0.25) is 0 Å². The number of nitrogens with zero attached hydrogens (tertiary/aromatic N) is 3. The Hall–Kier alpha value is -2.40. The van der Waals surface area contributed by atoms with Gasteiger partial charge < -0.3 is 4.90 Å². The zero-order valence-corrected chi connectivity index (χ0v) is 20.0. The van der Waals surface area contributed by atoms with Crippen LogP contribution in [0.15, 0.2) is 30.5 Å². The quantitative estimate of drug-likeness (QED) is 0.715. The molecule has 5 heteroatoms. The Morgan fingerprint density at radius 3 is 2.59 bits per heavy atom. The summed E-state index contributed by atoms with van der Waals surface area (Å²) in [7, 11) is 2.13. The zero-order chi connectivity index (χ0) is 22.8. The fourth-order valence-corrected chi connectivity index (χ4v) is 6.11. The molecule has 1 aliphatic heterocycles. The number of hydrogen-bond donors (Lipinski definition) is 0. The second-order valence-corrected chi connectivity index (χ2v) is 10.3. The average Bonchev–Trinajstić information content (AvgIpc) is 3.18. The van der Waals surface area contributed by atoms with Gasteiger partial charge in [-0.2, -0.15) is 0 Å². The van der Waals surface area contributed by atoms with Crippen LogP contribution in [0, 0.1) is 17.3 Å². The van der Waals surface area contributed by atoms with Crippen LogP contribution in [0.5, 0.6) is 0 Å². The third-order valence-electron chi connectivity index (χ3n) is 8.67. The summed E-state index contributed by atoms with van der Waals surface area (Å²) < 4.78 is 1.93. The van der Waals surface area contributed by atoms with Crippen molar-refractivity contribution in [2.45, 2.75) is 53.0 Å². The summed E-state index contributed by atoms with van der Waals surface area (Å²) in [5.74, 6) is 0.741. The largest absolute Gasteiger partial charge is 0.343 e. The van der Waals surface area contributed by atoms with Gasteiger partial charge in [-0.05, 0) is 68.8 Å². The molecule has 0 radical (unpaired) electrons.